The van der Waals surface area contributed by atoms with Crippen molar-refractivity contribution in [2.45, 2.75) is 19.8 Å². The molecule has 0 saturated carbocycles. The Labute approximate surface area is 90.9 Å². The Kier molecular flexibility index (Phi) is 5.30. The Bertz CT molecular complexity index is 285. The summed E-state index contributed by atoms with van der Waals surface area (Å²) in [5.41, 5.74) is 1.06. The number of carbonyl (C=O) groups excluding carboxylic acids is 1. The van der Waals surface area contributed by atoms with Crippen molar-refractivity contribution in [1.29, 1.82) is 0 Å². The van der Waals surface area contributed by atoms with Gasteiger partial charge in [-0.05, 0) is 18.6 Å². The van der Waals surface area contributed by atoms with Gasteiger partial charge in [0.05, 0.1) is 0 Å². The van der Waals surface area contributed by atoms with Gasteiger partial charge in [0.15, 0.2) is 0 Å². The van der Waals surface area contributed by atoms with Gasteiger partial charge in [-0.1, -0.05) is 25.1 Å². The van der Waals surface area contributed by atoms with Gasteiger partial charge in [0.2, 0.25) is 5.91 Å². The van der Waals surface area contributed by atoms with Crippen molar-refractivity contribution in [3.05, 3.63) is 30.3 Å². The van der Waals surface area contributed by atoms with E-state index in [1.165, 1.54) is 0 Å². The highest BCUT2D eigenvalue weighted by Gasteiger charge is 1.98. The molecule has 82 valence electrons. The molecule has 0 aliphatic heterocycles. The molecular formula is C12H18N2O. The highest BCUT2D eigenvalue weighted by atomic mass is 16.1. The van der Waals surface area contributed by atoms with E-state index < -0.39 is 0 Å². The van der Waals surface area contributed by atoms with E-state index in [9.17, 15) is 4.79 Å². The summed E-state index contributed by atoms with van der Waals surface area (Å²) in [4.78, 5) is 11.2. The van der Waals surface area contributed by atoms with Crippen molar-refractivity contribution in [2.75, 3.05) is 18.4 Å². The Morgan fingerprint density at radius 1 is 1.20 bits per heavy atom. The van der Waals surface area contributed by atoms with Crippen molar-refractivity contribution in [1.82, 2.24) is 5.32 Å². The first-order valence-corrected chi connectivity index (χ1v) is 5.38. The number of hydrogen-bond acceptors (Lipinski definition) is 2. The number of nitrogens with one attached hydrogen (secondary N) is 2. The molecule has 1 amide bonds. The third-order valence-electron chi connectivity index (χ3n) is 2.03. The molecule has 0 aliphatic carbocycles. The molecule has 1 rings (SSSR count). The largest absolute Gasteiger partial charge is 0.385 e. The smallest absolute Gasteiger partial charge is 0.221 e. The third kappa shape index (κ3) is 5.05. The number of rotatable bonds is 6. The number of carbonyl (C=O) groups is 1. The highest BCUT2D eigenvalue weighted by molar-refractivity contribution is 5.76. The van der Waals surface area contributed by atoms with Gasteiger partial charge >= 0.3 is 0 Å². The van der Waals surface area contributed by atoms with Crippen LogP contribution in [0.4, 0.5) is 5.69 Å². The SMILES string of the molecule is CCCNC(=O)CCNc1ccccc1. The van der Waals surface area contributed by atoms with Crippen molar-refractivity contribution >= 4 is 11.6 Å². The zero-order valence-electron chi connectivity index (χ0n) is 9.12. The third-order valence-corrected chi connectivity index (χ3v) is 2.03. The van der Waals surface area contributed by atoms with Crippen LogP contribution >= 0.6 is 0 Å². The van der Waals surface area contributed by atoms with Crippen LogP contribution in [0.25, 0.3) is 0 Å². The van der Waals surface area contributed by atoms with Crippen LogP contribution in [-0.2, 0) is 4.79 Å². The van der Waals surface area contributed by atoms with Crippen LogP contribution in [0.1, 0.15) is 19.8 Å². The quantitative estimate of drug-likeness (QED) is 0.747. The van der Waals surface area contributed by atoms with Crippen molar-refractivity contribution < 1.29 is 4.79 Å². The normalized spacial score (nSPS) is 9.67. The monoisotopic (exact) mass is 206 g/mol. The van der Waals surface area contributed by atoms with E-state index in [1.807, 2.05) is 37.3 Å². The second-order valence-corrected chi connectivity index (χ2v) is 3.39. The summed E-state index contributed by atoms with van der Waals surface area (Å²) in [6.45, 7) is 3.49. The summed E-state index contributed by atoms with van der Waals surface area (Å²) >= 11 is 0. The Balaban J connectivity index is 2.14. The van der Waals surface area contributed by atoms with E-state index in [0.29, 0.717) is 13.0 Å². The molecule has 1 aromatic rings. The fraction of sp³-hybridized carbons (Fsp3) is 0.417. The maximum atomic E-state index is 11.2. The van der Waals surface area contributed by atoms with E-state index >= 15 is 0 Å². The Morgan fingerprint density at radius 3 is 2.60 bits per heavy atom. The van der Waals surface area contributed by atoms with E-state index in [0.717, 1.165) is 18.7 Å². The number of hydrogen-bond donors (Lipinski definition) is 2. The molecule has 0 aliphatic rings. The lowest BCUT2D eigenvalue weighted by Crippen LogP contribution is -2.25. The summed E-state index contributed by atoms with van der Waals surface area (Å²) in [5, 5.41) is 6.03. The summed E-state index contributed by atoms with van der Waals surface area (Å²) in [7, 11) is 0. The second-order valence-electron chi connectivity index (χ2n) is 3.39. The van der Waals surface area contributed by atoms with Crippen molar-refractivity contribution in [3.8, 4) is 0 Å². The molecule has 15 heavy (non-hydrogen) atoms. The van der Waals surface area contributed by atoms with E-state index in [-0.39, 0.29) is 5.91 Å². The predicted octanol–water partition coefficient (Wildman–Crippen LogP) is 2.01. The fourth-order valence-electron chi connectivity index (χ4n) is 1.23. The minimum Gasteiger partial charge on any atom is -0.385 e. The van der Waals surface area contributed by atoms with Gasteiger partial charge < -0.3 is 10.6 Å². The zero-order chi connectivity index (χ0) is 10.9. The zero-order valence-corrected chi connectivity index (χ0v) is 9.12. The molecule has 3 heteroatoms. The lowest BCUT2D eigenvalue weighted by Gasteiger charge is -2.06. The lowest BCUT2D eigenvalue weighted by atomic mass is 10.3. The van der Waals surface area contributed by atoms with Gasteiger partial charge in [0.25, 0.3) is 0 Å². The number of anilines is 1. The van der Waals surface area contributed by atoms with Gasteiger partial charge in [-0.2, -0.15) is 0 Å². The van der Waals surface area contributed by atoms with Gasteiger partial charge in [0, 0.05) is 25.2 Å². The van der Waals surface area contributed by atoms with E-state index in [1.54, 1.807) is 0 Å². The van der Waals surface area contributed by atoms with Crippen LogP contribution in [0.15, 0.2) is 30.3 Å². The second kappa shape index (κ2) is 6.87. The number of benzene rings is 1. The highest BCUT2D eigenvalue weighted by Crippen LogP contribution is 2.04. The molecule has 0 fully saturated rings. The van der Waals surface area contributed by atoms with Crippen molar-refractivity contribution in [2.24, 2.45) is 0 Å². The average Bonchev–Trinajstić information content (AvgIpc) is 2.28. The first-order chi connectivity index (χ1) is 7.33. The molecule has 3 nitrogen and oxygen atoms in total. The van der Waals surface area contributed by atoms with Crippen LogP contribution in [0.5, 0.6) is 0 Å². The van der Waals surface area contributed by atoms with Crippen LogP contribution in [0.2, 0.25) is 0 Å². The van der Waals surface area contributed by atoms with Crippen LogP contribution in [0, 0.1) is 0 Å². The van der Waals surface area contributed by atoms with E-state index in [2.05, 4.69) is 10.6 Å². The molecule has 0 spiro atoms. The van der Waals surface area contributed by atoms with Crippen LogP contribution in [0.3, 0.4) is 0 Å². The summed E-state index contributed by atoms with van der Waals surface area (Å²) in [5.74, 6) is 0.111. The molecule has 0 radical (unpaired) electrons. The Morgan fingerprint density at radius 2 is 1.93 bits per heavy atom. The topological polar surface area (TPSA) is 41.1 Å². The molecular weight excluding hydrogens is 188 g/mol. The van der Waals surface area contributed by atoms with Gasteiger partial charge in [-0.3, -0.25) is 4.79 Å². The molecule has 0 atom stereocenters. The summed E-state index contributed by atoms with van der Waals surface area (Å²) in [6, 6.07) is 9.89. The molecule has 1 aromatic carbocycles. The standard InChI is InChI=1S/C12H18N2O/c1-2-9-14-12(15)8-10-13-11-6-4-3-5-7-11/h3-7,13H,2,8-10H2,1H3,(H,14,15). The maximum Gasteiger partial charge on any atom is 0.221 e. The molecule has 0 unspecified atom stereocenters. The fourth-order valence-corrected chi connectivity index (χ4v) is 1.23. The molecule has 2 N–H and O–H groups in total. The minimum atomic E-state index is 0.111. The maximum absolute atomic E-state index is 11.2. The lowest BCUT2D eigenvalue weighted by molar-refractivity contribution is -0.120. The van der Waals surface area contributed by atoms with Crippen LogP contribution < -0.4 is 10.6 Å². The van der Waals surface area contributed by atoms with Gasteiger partial charge in [-0.15, -0.1) is 0 Å². The van der Waals surface area contributed by atoms with Gasteiger partial charge in [-0.25, -0.2) is 0 Å². The van der Waals surface area contributed by atoms with Gasteiger partial charge in [0.1, 0.15) is 0 Å². The minimum absolute atomic E-state index is 0.111. The Hall–Kier alpha value is -1.51. The first kappa shape index (κ1) is 11.6. The summed E-state index contributed by atoms with van der Waals surface area (Å²) in [6.07, 6.45) is 1.51. The average molecular weight is 206 g/mol. The number of para-hydroxylation sites is 1. The summed E-state index contributed by atoms with van der Waals surface area (Å²) < 4.78 is 0. The van der Waals surface area contributed by atoms with Crippen LogP contribution in [-0.4, -0.2) is 19.0 Å². The number of amides is 1. The molecule has 0 saturated heterocycles. The van der Waals surface area contributed by atoms with E-state index in [4.69, 9.17) is 0 Å². The van der Waals surface area contributed by atoms with Crippen molar-refractivity contribution in [3.63, 3.8) is 0 Å². The molecule has 0 aromatic heterocycles. The molecule has 0 heterocycles. The first-order valence-electron chi connectivity index (χ1n) is 5.38. The molecule has 0 bridgehead atoms. The predicted molar refractivity (Wildman–Crippen MR) is 62.8 cm³/mol.